The minimum absolute atomic E-state index is 0.122. The number of carbonyl (C=O) groups is 1. The van der Waals surface area contributed by atoms with E-state index in [1.165, 1.54) is 13.5 Å². The zero-order chi connectivity index (χ0) is 18.4. The molecule has 1 N–H and O–H groups in total. The Bertz CT molecular complexity index is 755. The number of sulfonamides is 1. The minimum atomic E-state index is -3.67. The molecule has 1 aliphatic carbocycles. The molecule has 136 valence electrons. The van der Waals surface area contributed by atoms with Gasteiger partial charge in [0.05, 0.1) is 23.9 Å². The van der Waals surface area contributed by atoms with E-state index in [1.807, 2.05) is 6.07 Å². The van der Waals surface area contributed by atoms with E-state index in [4.69, 9.17) is 5.26 Å². The van der Waals surface area contributed by atoms with E-state index in [9.17, 15) is 13.2 Å². The van der Waals surface area contributed by atoms with E-state index < -0.39 is 10.0 Å². The predicted molar refractivity (Wildman–Crippen MR) is 96.0 cm³/mol. The molecular weight excluding hydrogens is 338 g/mol. The monoisotopic (exact) mass is 363 g/mol. The lowest BCUT2D eigenvalue weighted by Gasteiger charge is -2.30. The summed E-state index contributed by atoms with van der Waals surface area (Å²) in [5.41, 5.74) is 0.776. The van der Waals surface area contributed by atoms with Gasteiger partial charge in [-0.15, -0.1) is 0 Å². The van der Waals surface area contributed by atoms with Crippen molar-refractivity contribution in [3.05, 3.63) is 35.4 Å². The number of hydrogen-bond donors (Lipinski definition) is 1. The van der Waals surface area contributed by atoms with Gasteiger partial charge in [-0.25, -0.2) is 8.42 Å². The van der Waals surface area contributed by atoms with Crippen molar-refractivity contribution in [3.63, 3.8) is 0 Å². The van der Waals surface area contributed by atoms with Crippen LogP contribution in [-0.4, -0.2) is 38.3 Å². The van der Waals surface area contributed by atoms with Crippen molar-refractivity contribution in [1.82, 2.24) is 9.62 Å². The SMILES string of the molecule is C[C@@H]1CCCC[C@H]1NC(=O)CN(C)S(=O)(=O)Cc1ccccc1C#N. The Balaban J connectivity index is 1.97. The number of hydrogen-bond acceptors (Lipinski definition) is 4. The van der Waals surface area contributed by atoms with Gasteiger partial charge < -0.3 is 5.32 Å². The lowest BCUT2D eigenvalue weighted by molar-refractivity contribution is -0.122. The fraction of sp³-hybridized carbons (Fsp3) is 0.556. The zero-order valence-electron chi connectivity index (χ0n) is 14.7. The smallest absolute Gasteiger partial charge is 0.235 e. The second-order valence-corrected chi connectivity index (χ2v) is 8.79. The molecule has 0 unspecified atom stereocenters. The van der Waals surface area contributed by atoms with Gasteiger partial charge in [0.25, 0.3) is 0 Å². The number of nitrogens with zero attached hydrogens (tertiary/aromatic N) is 2. The van der Waals surface area contributed by atoms with Crippen molar-refractivity contribution in [2.24, 2.45) is 5.92 Å². The van der Waals surface area contributed by atoms with Crippen LogP contribution in [0, 0.1) is 17.2 Å². The summed E-state index contributed by atoms with van der Waals surface area (Å²) in [6, 6.07) is 8.71. The maximum absolute atomic E-state index is 12.5. The topological polar surface area (TPSA) is 90.3 Å². The molecule has 1 amide bonds. The Hall–Kier alpha value is -1.91. The van der Waals surface area contributed by atoms with Crippen LogP contribution in [0.4, 0.5) is 0 Å². The molecule has 1 saturated carbocycles. The normalized spacial score (nSPS) is 20.9. The number of nitrogens with one attached hydrogen (secondary N) is 1. The van der Waals surface area contributed by atoms with Crippen molar-refractivity contribution >= 4 is 15.9 Å². The van der Waals surface area contributed by atoms with E-state index in [0.717, 1.165) is 23.6 Å². The molecule has 1 fully saturated rings. The number of benzene rings is 1. The number of amides is 1. The molecule has 2 atom stereocenters. The molecule has 1 aromatic rings. The van der Waals surface area contributed by atoms with Crippen molar-refractivity contribution < 1.29 is 13.2 Å². The maximum atomic E-state index is 12.5. The summed E-state index contributed by atoms with van der Waals surface area (Å²) in [7, 11) is -2.28. The molecule has 1 aliphatic rings. The van der Waals surface area contributed by atoms with E-state index >= 15 is 0 Å². The van der Waals surface area contributed by atoms with Crippen LogP contribution in [0.5, 0.6) is 0 Å². The van der Waals surface area contributed by atoms with Crippen LogP contribution in [0.15, 0.2) is 24.3 Å². The third-order valence-electron chi connectivity index (χ3n) is 4.77. The first-order valence-electron chi connectivity index (χ1n) is 8.55. The van der Waals surface area contributed by atoms with E-state index in [1.54, 1.807) is 24.3 Å². The van der Waals surface area contributed by atoms with Gasteiger partial charge in [-0.2, -0.15) is 9.57 Å². The van der Waals surface area contributed by atoms with Gasteiger partial charge in [0.15, 0.2) is 0 Å². The van der Waals surface area contributed by atoms with Gasteiger partial charge in [0.1, 0.15) is 0 Å². The number of likely N-dealkylation sites (N-methyl/N-ethyl adjacent to an activating group) is 1. The Morgan fingerprint density at radius 1 is 1.32 bits per heavy atom. The fourth-order valence-electron chi connectivity index (χ4n) is 3.15. The maximum Gasteiger partial charge on any atom is 0.235 e. The highest BCUT2D eigenvalue weighted by molar-refractivity contribution is 7.88. The summed E-state index contributed by atoms with van der Waals surface area (Å²) < 4.78 is 26.1. The molecule has 25 heavy (non-hydrogen) atoms. The highest BCUT2D eigenvalue weighted by Crippen LogP contribution is 2.23. The van der Waals surface area contributed by atoms with Gasteiger partial charge in [-0.1, -0.05) is 38.0 Å². The second-order valence-electron chi connectivity index (χ2n) is 6.72. The molecule has 0 spiro atoms. The van der Waals surface area contributed by atoms with Gasteiger partial charge in [0, 0.05) is 13.1 Å². The van der Waals surface area contributed by atoms with E-state index in [0.29, 0.717) is 17.0 Å². The fourth-order valence-corrected chi connectivity index (χ4v) is 4.32. The van der Waals surface area contributed by atoms with Gasteiger partial charge in [-0.05, 0) is 30.4 Å². The molecule has 0 aliphatic heterocycles. The Kier molecular flexibility index (Phi) is 6.57. The summed E-state index contributed by atoms with van der Waals surface area (Å²) in [5, 5.41) is 12.0. The molecule has 0 aromatic heterocycles. The first kappa shape index (κ1) is 19.4. The third-order valence-corrected chi connectivity index (χ3v) is 6.53. The Morgan fingerprint density at radius 2 is 2.00 bits per heavy atom. The highest BCUT2D eigenvalue weighted by Gasteiger charge is 2.26. The molecule has 1 aromatic carbocycles. The standard InChI is InChI=1S/C18H25N3O3S/c1-14-7-3-6-10-17(14)20-18(22)12-21(2)25(23,24)13-16-9-5-4-8-15(16)11-19/h4-5,8-9,14,17H,3,6-7,10,12-13H2,1-2H3,(H,20,22)/t14-,17-/m1/s1. The van der Waals surface area contributed by atoms with Crippen LogP contribution in [0.1, 0.15) is 43.7 Å². The molecule has 0 saturated heterocycles. The molecular formula is C18H25N3O3S. The quantitative estimate of drug-likeness (QED) is 0.837. The molecule has 2 rings (SSSR count). The van der Waals surface area contributed by atoms with Crippen molar-refractivity contribution in [2.45, 2.75) is 44.4 Å². The third kappa shape index (κ3) is 5.28. The summed E-state index contributed by atoms with van der Waals surface area (Å²) in [6.07, 6.45) is 4.30. The molecule has 6 nitrogen and oxygen atoms in total. The highest BCUT2D eigenvalue weighted by atomic mass is 32.2. The van der Waals surface area contributed by atoms with E-state index in [-0.39, 0.29) is 24.2 Å². The summed E-state index contributed by atoms with van der Waals surface area (Å²) >= 11 is 0. The van der Waals surface area contributed by atoms with Gasteiger partial charge in [0.2, 0.25) is 15.9 Å². The number of rotatable bonds is 6. The van der Waals surface area contributed by atoms with Crippen LogP contribution in [0.25, 0.3) is 0 Å². The van der Waals surface area contributed by atoms with Crippen LogP contribution in [0.3, 0.4) is 0 Å². The van der Waals surface area contributed by atoms with E-state index in [2.05, 4.69) is 12.2 Å². The zero-order valence-corrected chi connectivity index (χ0v) is 15.6. The second kappa shape index (κ2) is 8.45. The number of nitriles is 1. The lowest BCUT2D eigenvalue weighted by atomic mass is 9.86. The van der Waals surface area contributed by atoms with Crippen LogP contribution in [0.2, 0.25) is 0 Å². The lowest BCUT2D eigenvalue weighted by Crippen LogP contribution is -2.46. The molecule has 7 heteroatoms. The molecule has 0 heterocycles. The summed E-state index contributed by atoms with van der Waals surface area (Å²) in [4.78, 5) is 12.2. The van der Waals surface area contributed by atoms with Gasteiger partial charge in [-0.3, -0.25) is 4.79 Å². The van der Waals surface area contributed by atoms with Crippen LogP contribution < -0.4 is 5.32 Å². The summed E-state index contributed by atoms with van der Waals surface area (Å²) in [5.74, 6) is -0.152. The Morgan fingerprint density at radius 3 is 2.68 bits per heavy atom. The summed E-state index contributed by atoms with van der Waals surface area (Å²) in [6.45, 7) is 1.91. The first-order valence-corrected chi connectivity index (χ1v) is 10.2. The average molecular weight is 363 g/mol. The Labute approximate surface area is 149 Å². The van der Waals surface area contributed by atoms with Gasteiger partial charge >= 0.3 is 0 Å². The number of carbonyl (C=O) groups excluding carboxylic acids is 1. The largest absolute Gasteiger partial charge is 0.352 e. The molecule has 0 bridgehead atoms. The van der Waals surface area contributed by atoms with Crippen molar-refractivity contribution in [2.75, 3.05) is 13.6 Å². The van der Waals surface area contributed by atoms with Crippen LogP contribution in [-0.2, 0) is 20.6 Å². The van der Waals surface area contributed by atoms with Crippen molar-refractivity contribution in [1.29, 1.82) is 5.26 Å². The van der Waals surface area contributed by atoms with Crippen LogP contribution >= 0.6 is 0 Å². The minimum Gasteiger partial charge on any atom is -0.352 e. The van der Waals surface area contributed by atoms with Crippen molar-refractivity contribution in [3.8, 4) is 6.07 Å². The average Bonchev–Trinajstić information content (AvgIpc) is 2.57. The first-order chi connectivity index (χ1) is 11.8. The molecule has 0 radical (unpaired) electrons. The predicted octanol–water partition coefficient (Wildman–Crippen LogP) is 2.01.